The van der Waals surface area contributed by atoms with Crippen molar-refractivity contribution in [3.05, 3.63) is 34.9 Å². The summed E-state index contributed by atoms with van der Waals surface area (Å²) in [6.07, 6.45) is 2.31. The minimum absolute atomic E-state index is 0.00322. The van der Waals surface area contributed by atoms with Gasteiger partial charge in [-0.3, -0.25) is 0 Å². The van der Waals surface area contributed by atoms with Gasteiger partial charge >= 0.3 is 12.1 Å². The number of carbonyl (C=O) groups is 1. The highest BCUT2D eigenvalue weighted by Crippen LogP contribution is 2.54. The van der Waals surface area contributed by atoms with Crippen LogP contribution < -0.4 is 9.47 Å². The van der Waals surface area contributed by atoms with Crippen molar-refractivity contribution in [3.8, 4) is 11.5 Å². The molecule has 2 atom stereocenters. The van der Waals surface area contributed by atoms with E-state index in [4.69, 9.17) is 9.47 Å². The molecule has 160 valence electrons. The van der Waals surface area contributed by atoms with Gasteiger partial charge in [0.2, 0.25) is 0 Å². The van der Waals surface area contributed by atoms with Gasteiger partial charge in [-0.15, -0.1) is 0 Å². The second kappa shape index (κ2) is 8.04. The number of aryl methyl sites for hydroxylation is 1. The van der Waals surface area contributed by atoms with E-state index in [1.165, 1.54) is 5.57 Å². The van der Waals surface area contributed by atoms with Gasteiger partial charge in [-0.2, -0.15) is 13.2 Å². The molecule has 1 aliphatic carbocycles. The fraction of sp³-hybridized carbons (Fsp3) is 0.609. The smallest absolute Gasteiger partial charge is 0.487 e. The summed E-state index contributed by atoms with van der Waals surface area (Å²) in [5.41, 5.74) is 2.16. The average molecular weight is 410 g/mol. The number of fused-ring (bicyclic) bond motifs is 3. The number of alkyl halides is 3. The van der Waals surface area contributed by atoms with Crippen molar-refractivity contribution < 1.29 is 27.4 Å². The lowest BCUT2D eigenvalue weighted by atomic mass is 9.67. The molecular weight excluding hydrogens is 381 g/mol. The number of ether oxygens (including phenoxy) is 2. The highest BCUT2D eigenvalue weighted by Gasteiger charge is 2.47. The van der Waals surface area contributed by atoms with E-state index in [2.05, 4.69) is 13.0 Å². The van der Waals surface area contributed by atoms with Crippen molar-refractivity contribution in [2.24, 2.45) is 5.92 Å². The summed E-state index contributed by atoms with van der Waals surface area (Å²) < 4.78 is 49.9. The standard InChI is InChI=1S/C23H29F3O3/c1-5-6-7-8-15-12-18(28-21(27)23(24,25)26)20-16-11-14(2)9-10-17(16)22(3,4)29-19(20)13-15/h9,12-13,16-17H,5-8,10-11H2,1-4H3. The van der Waals surface area contributed by atoms with Crippen molar-refractivity contribution in [2.45, 2.75) is 83.9 Å². The molecule has 0 aromatic heterocycles. The monoisotopic (exact) mass is 410 g/mol. The quantitative estimate of drug-likeness (QED) is 0.241. The van der Waals surface area contributed by atoms with Gasteiger partial charge in [-0.25, -0.2) is 4.79 Å². The van der Waals surface area contributed by atoms with Crippen LogP contribution in [0.25, 0.3) is 0 Å². The van der Waals surface area contributed by atoms with Gasteiger partial charge in [0, 0.05) is 17.4 Å². The molecule has 0 N–H and O–H groups in total. The summed E-state index contributed by atoms with van der Waals surface area (Å²) in [6, 6.07) is 3.52. The lowest BCUT2D eigenvalue weighted by Crippen LogP contribution is -2.45. The average Bonchev–Trinajstić information content (AvgIpc) is 2.60. The predicted molar refractivity (Wildman–Crippen MR) is 105 cm³/mol. The number of benzene rings is 1. The van der Waals surface area contributed by atoms with Gasteiger partial charge in [0.15, 0.2) is 0 Å². The summed E-state index contributed by atoms with van der Waals surface area (Å²) in [4.78, 5) is 11.6. The van der Waals surface area contributed by atoms with Crippen LogP contribution in [0.3, 0.4) is 0 Å². The first-order valence-electron chi connectivity index (χ1n) is 10.3. The first kappa shape index (κ1) is 21.7. The van der Waals surface area contributed by atoms with Crippen molar-refractivity contribution in [3.63, 3.8) is 0 Å². The van der Waals surface area contributed by atoms with E-state index in [0.717, 1.165) is 37.7 Å². The minimum atomic E-state index is -5.04. The van der Waals surface area contributed by atoms with Crippen LogP contribution in [0.5, 0.6) is 11.5 Å². The van der Waals surface area contributed by atoms with Crippen molar-refractivity contribution in [2.75, 3.05) is 0 Å². The highest BCUT2D eigenvalue weighted by molar-refractivity contribution is 5.79. The number of halogens is 3. The molecule has 3 nitrogen and oxygen atoms in total. The zero-order valence-corrected chi connectivity index (χ0v) is 17.5. The van der Waals surface area contributed by atoms with E-state index in [1.807, 2.05) is 26.8 Å². The summed E-state index contributed by atoms with van der Waals surface area (Å²) in [5.74, 6) is -1.58. The molecule has 0 spiro atoms. The maximum atomic E-state index is 12.9. The predicted octanol–water partition coefficient (Wildman–Crippen LogP) is 6.50. The molecule has 0 saturated heterocycles. The highest BCUT2D eigenvalue weighted by atomic mass is 19.4. The number of esters is 1. The van der Waals surface area contributed by atoms with Gasteiger partial charge in [-0.05, 0) is 64.2 Å². The van der Waals surface area contributed by atoms with E-state index in [-0.39, 0.29) is 17.6 Å². The number of carbonyl (C=O) groups excluding carboxylic acids is 1. The van der Waals surface area contributed by atoms with Crippen LogP contribution in [0.2, 0.25) is 0 Å². The molecule has 2 unspecified atom stereocenters. The Labute approximate surface area is 170 Å². The zero-order chi connectivity index (χ0) is 21.4. The third kappa shape index (κ3) is 4.62. The van der Waals surface area contributed by atoms with Gasteiger partial charge in [-0.1, -0.05) is 31.4 Å². The number of hydrogen-bond acceptors (Lipinski definition) is 3. The number of hydrogen-bond donors (Lipinski definition) is 0. The molecule has 0 radical (unpaired) electrons. The first-order chi connectivity index (χ1) is 13.5. The van der Waals surface area contributed by atoms with Crippen molar-refractivity contribution in [1.82, 2.24) is 0 Å². The summed E-state index contributed by atoms with van der Waals surface area (Å²) in [5, 5.41) is 0. The number of rotatable bonds is 5. The Hall–Kier alpha value is -1.98. The molecule has 1 aliphatic heterocycles. The Bertz CT molecular complexity index is 808. The fourth-order valence-corrected chi connectivity index (χ4v) is 4.57. The molecule has 29 heavy (non-hydrogen) atoms. The zero-order valence-electron chi connectivity index (χ0n) is 17.5. The molecule has 1 aromatic rings. The van der Waals surface area contributed by atoms with Gasteiger partial charge in [0.05, 0.1) is 0 Å². The Balaban J connectivity index is 2.07. The van der Waals surface area contributed by atoms with E-state index in [1.54, 1.807) is 6.07 Å². The molecule has 0 saturated carbocycles. The van der Waals surface area contributed by atoms with Gasteiger partial charge in [0.1, 0.15) is 17.1 Å². The SMILES string of the molecule is CCCCCc1cc(OC(=O)C(F)(F)F)c2c(c1)OC(C)(C)C1CC=C(C)CC21. The summed E-state index contributed by atoms with van der Waals surface area (Å²) in [7, 11) is 0. The Morgan fingerprint density at radius 3 is 2.66 bits per heavy atom. The van der Waals surface area contributed by atoms with Crippen LogP contribution in [0.15, 0.2) is 23.8 Å². The van der Waals surface area contributed by atoms with E-state index >= 15 is 0 Å². The fourth-order valence-electron chi connectivity index (χ4n) is 4.57. The largest absolute Gasteiger partial charge is 0.491 e. The molecular formula is C23H29F3O3. The molecule has 6 heteroatoms. The lowest BCUT2D eigenvalue weighted by Gasteiger charge is -2.47. The van der Waals surface area contributed by atoms with Crippen molar-refractivity contribution >= 4 is 5.97 Å². The molecule has 1 aromatic carbocycles. The van der Waals surface area contributed by atoms with Crippen LogP contribution in [-0.4, -0.2) is 17.7 Å². The van der Waals surface area contributed by atoms with Gasteiger partial charge in [0.25, 0.3) is 0 Å². The van der Waals surface area contributed by atoms with Crippen LogP contribution in [0.4, 0.5) is 13.2 Å². The number of allylic oxidation sites excluding steroid dienone is 2. The Morgan fingerprint density at radius 1 is 1.28 bits per heavy atom. The van der Waals surface area contributed by atoms with Crippen molar-refractivity contribution in [1.29, 1.82) is 0 Å². The van der Waals surface area contributed by atoms with Crippen LogP contribution in [0.1, 0.15) is 76.8 Å². The Morgan fingerprint density at radius 2 is 2.00 bits per heavy atom. The first-order valence-corrected chi connectivity index (χ1v) is 10.3. The molecule has 1 heterocycles. The Kier molecular flexibility index (Phi) is 6.02. The third-order valence-corrected chi connectivity index (χ3v) is 6.05. The third-order valence-electron chi connectivity index (χ3n) is 6.05. The lowest BCUT2D eigenvalue weighted by molar-refractivity contribution is -0.189. The minimum Gasteiger partial charge on any atom is -0.487 e. The molecule has 0 fully saturated rings. The van der Waals surface area contributed by atoms with E-state index in [9.17, 15) is 18.0 Å². The summed E-state index contributed by atoms with van der Waals surface area (Å²) >= 11 is 0. The molecule has 3 rings (SSSR count). The second-order valence-corrected chi connectivity index (χ2v) is 8.76. The molecule has 2 aliphatic rings. The van der Waals surface area contributed by atoms with Crippen LogP contribution in [0, 0.1) is 5.92 Å². The maximum absolute atomic E-state index is 12.9. The molecule has 0 amide bonds. The molecule has 0 bridgehead atoms. The van der Waals surface area contributed by atoms with E-state index in [0.29, 0.717) is 17.7 Å². The van der Waals surface area contributed by atoms with Gasteiger partial charge < -0.3 is 9.47 Å². The number of unbranched alkanes of at least 4 members (excludes halogenated alkanes) is 2. The second-order valence-electron chi connectivity index (χ2n) is 8.76. The normalized spacial score (nSPS) is 22.8. The summed E-state index contributed by atoms with van der Waals surface area (Å²) in [6.45, 7) is 8.16. The van der Waals surface area contributed by atoms with Crippen LogP contribution >= 0.6 is 0 Å². The van der Waals surface area contributed by atoms with Crippen LogP contribution in [-0.2, 0) is 11.2 Å². The topological polar surface area (TPSA) is 35.5 Å². The van der Waals surface area contributed by atoms with E-state index < -0.39 is 17.7 Å². The maximum Gasteiger partial charge on any atom is 0.491 e.